The van der Waals surface area contributed by atoms with Crippen LogP contribution in [0.4, 0.5) is 4.79 Å². The molecule has 4 rings (SSSR count). The monoisotopic (exact) mass is 426 g/mol. The van der Waals surface area contributed by atoms with Crippen molar-refractivity contribution in [3.8, 4) is 11.8 Å². The molecule has 3 aromatic rings. The Kier molecular flexibility index (Phi) is 6.47. The summed E-state index contributed by atoms with van der Waals surface area (Å²) in [5, 5.41) is 9.34. The Morgan fingerprint density at radius 1 is 1.03 bits per heavy atom. The zero-order valence-corrected chi connectivity index (χ0v) is 17.4. The van der Waals surface area contributed by atoms with E-state index in [1.807, 2.05) is 60.7 Å². The van der Waals surface area contributed by atoms with E-state index < -0.39 is 24.0 Å². The normalized spacial score (nSPS) is 16.2. The molecule has 160 valence electrons. The van der Waals surface area contributed by atoms with Crippen molar-refractivity contribution < 1.29 is 19.1 Å². The lowest BCUT2D eigenvalue weighted by Gasteiger charge is -2.24. The number of rotatable bonds is 7. The first-order valence-corrected chi connectivity index (χ1v) is 10.4. The number of hydrogen-bond acceptors (Lipinski definition) is 5. The largest absolute Gasteiger partial charge is 0.489 e. The maximum absolute atomic E-state index is 13.4. The van der Waals surface area contributed by atoms with Crippen molar-refractivity contribution >= 4 is 12.0 Å². The van der Waals surface area contributed by atoms with E-state index in [9.17, 15) is 14.9 Å². The number of carbonyl (C=O) groups is 2. The van der Waals surface area contributed by atoms with Gasteiger partial charge in [0.25, 0.3) is 0 Å². The quantitative estimate of drug-likeness (QED) is 0.532. The van der Waals surface area contributed by atoms with Crippen LogP contribution in [-0.2, 0) is 16.1 Å². The molecule has 2 amide bonds. The Labute approximate surface area is 186 Å². The van der Waals surface area contributed by atoms with Crippen LogP contribution in [-0.4, -0.2) is 23.5 Å². The van der Waals surface area contributed by atoms with Gasteiger partial charge in [0.05, 0.1) is 18.4 Å². The van der Waals surface area contributed by atoms with Crippen LogP contribution >= 0.6 is 0 Å². The predicted octanol–water partition coefficient (Wildman–Crippen LogP) is 4.98. The molecule has 6 nitrogen and oxygen atoms in total. The fourth-order valence-corrected chi connectivity index (χ4v) is 3.73. The van der Waals surface area contributed by atoms with Crippen molar-refractivity contribution in [1.29, 1.82) is 5.26 Å². The van der Waals surface area contributed by atoms with Gasteiger partial charge < -0.3 is 9.47 Å². The summed E-state index contributed by atoms with van der Waals surface area (Å²) < 4.78 is 11.0. The third-order valence-corrected chi connectivity index (χ3v) is 5.42. The summed E-state index contributed by atoms with van der Waals surface area (Å²) in [5.74, 6) is -0.565. The van der Waals surface area contributed by atoms with Gasteiger partial charge in [-0.05, 0) is 28.8 Å². The molecule has 6 heteroatoms. The van der Waals surface area contributed by atoms with Gasteiger partial charge >= 0.3 is 6.09 Å². The minimum absolute atomic E-state index is 0.0473. The van der Waals surface area contributed by atoms with Gasteiger partial charge in [-0.1, -0.05) is 72.8 Å². The van der Waals surface area contributed by atoms with Crippen LogP contribution in [0, 0.1) is 11.3 Å². The van der Waals surface area contributed by atoms with Gasteiger partial charge in [0.15, 0.2) is 0 Å². The summed E-state index contributed by atoms with van der Waals surface area (Å²) in [6.45, 7) is 0.527. The first kappa shape index (κ1) is 21.1. The lowest BCUT2D eigenvalue weighted by molar-refractivity contribution is -0.130. The number of amides is 2. The molecule has 0 aromatic heterocycles. The van der Waals surface area contributed by atoms with Gasteiger partial charge in [0, 0.05) is 0 Å². The van der Waals surface area contributed by atoms with Gasteiger partial charge in [-0.2, -0.15) is 5.26 Å². The summed E-state index contributed by atoms with van der Waals surface area (Å²) in [7, 11) is 0. The topological polar surface area (TPSA) is 79.6 Å². The maximum Gasteiger partial charge on any atom is 0.417 e. The highest BCUT2D eigenvalue weighted by Crippen LogP contribution is 2.33. The van der Waals surface area contributed by atoms with Crippen molar-refractivity contribution in [2.75, 3.05) is 6.61 Å². The van der Waals surface area contributed by atoms with Crippen molar-refractivity contribution in [2.45, 2.75) is 25.0 Å². The van der Waals surface area contributed by atoms with E-state index >= 15 is 0 Å². The van der Waals surface area contributed by atoms with Crippen LogP contribution in [0.5, 0.6) is 5.75 Å². The van der Waals surface area contributed by atoms with Gasteiger partial charge in [-0.25, -0.2) is 9.69 Å². The van der Waals surface area contributed by atoms with Crippen LogP contribution in [0.1, 0.15) is 35.1 Å². The summed E-state index contributed by atoms with van der Waals surface area (Å²) in [4.78, 5) is 26.9. The maximum atomic E-state index is 13.4. The Morgan fingerprint density at radius 2 is 1.69 bits per heavy atom. The molecule has 0 radical (unpaired) electrons. The van der Waals surface area contributed by atoms with Gasteiger partial charge in [0.2, 0.25) is 5.91 Å². The third kappa shape index (κ3) is 4.62. The van der Waals surface area contributed by atoms with Crippen molar-refractivity contribution in [3.63, 3.8) is 0 Å². The number of ether oxygens (including phenoxy) is 2. The lowest BCUT2D eigenvalue weighted by atomic mass is 9.93. The van der Waals surface area contributed by atoms with E-state index in [4.69, 9.17) is 9.47 Å². The Balaban J connectivity index is 1.51. The number of benzene rings is 3. The van der Waals surface area contributed by atoms with Crippen molar-refractivity contribution in [1.82, 2.24) is 4.90 Å². The molecule has 0 unspecified atom stereocenters. The second-order valence-corrected chi connectivity index (χ2v) is 7.47. The molecule has 0 spiro atoms. The number of hydrogen-bond donors (Lipinski definition) is 0. The lowest BCUT2D eigenvalue weighted by Crippen LogP contribution is -2.37. The Bertz CT molecular complexity index is 1110. The average molecular weight is 426 g/mol. The zero-order chi connectivity index (χ0) is 22.3. The molecule has 0 saturated carbocycles. The molecule has 32 heavy (non-hydrogen) atoms. The number of carbonyl (C=O) groups excluding carboxylic acids is 2. The highest BCUT2D eigenvalue weighted by atomic mass is 16.6. The number of nitriles is 1. The van der Waals surface area contributed by atoms with E-state index in [2.05, 4.69) is 6.07 Å². The van der Waals surface area contributed by atoms with Gasteiger partial charge in [-0.15, -0.1) is 0 Å². The van der Waals surface area contributed by atoms with Gasteiger partial charge in [-0.3, -0.25) is 4.79 Å². The molecule has 0 bridgehead atoms. The standard InChI is InChI=1S/C26H22N2O4/c27-16-15-23(20-11-13-22(14-12-20)31-17-19-7-3-1-4-8-19)25(29)28-24(18-32-26(28)30)21-9-5-2-6-10-21/h1-14,23-24H,15,17-18H2/t23-,24+/m1/s1. The van der Waals surface area contributed by atoms with E-state index in [0.29, 0.717) is 17.9 Å². The molecule has 3 aromatic carbocycles. The molecule has 1 fully saturated rings. The predicted molar refractivity (Wildman–Crippen MR) is 118 cm³/mol. The third-order valence-electron chi connectivity index (χ3n) is 5.42. The van der Waals surface area contributed by atoms with E-state index in [0.717, 1.165) is 16.0 Å². The van der Waals surface area contributed by atoms with E-state index in [1.54, 1.807) is 24.3 Å². The smallest absolute Gasteiger partial charge is 0.417 e. The van der Waals surface area contributed by atoms with E-state index in [1.165, 1.54) is 0 Å². The molecular weight excluding hydrogens is 404 g/mol. The molecule has 1 heterocycles. The number of imide groups is 1. The Morgan fingerprint density at radius 3 is 2.34 bits per heavy atom. The summed E-state index contributed by atoms with van der Waals surface area (Å²) in [6.07, 6.45) is -0.733. The first-order chi connectivity index (χ1) is 15.7. The minimum atomic E-state index is -0.778. The fraction of sp³-hybridized carbons (Fsp3) is 0.192. The van der Waals surface area contributed by atoms with Crippen LogP contribution in [0.3, 0.4) is 0 Å². The van der Waals surface area contributed by atoms with Crippen LogP contribution < -0.4 is 4.74 Å². The van der Waals surface area contributed by atoms with E-state index in [-0.39, 0.29) is 13.0 Å². The molecule has 0 N–H and O–H groups in total. The van der Waals surface area contributed by atoms with Crippen LogP contribution in [0.2, 0.25) is 0 Å². The molecule has 1 saturated heterocycles. The van der Waals surface area contributed by atoms with Crippen LogP contribution in [0.15, 0.2) is 84.9 Å². The second kappa shape index (κ2) is 9.80. The highest BCUT2D eigenvalue weighted by Gasteiger charge is 2.41. The fourth-order valence-electron chi connectivity index (χ4n) is 3.73. The second-order valence-electron chi connectivity index (χ2n) is 7.47. The van der Waals surface area contributed by atoms with Crippen molar-refractivity contribution in [2.24, 2.45) is 0 Å². The van der Waals surface area contributed by atoms with Crippen molar-refractivity contribution in [3.05, 3.63) is 102 Å². The highest BCUT2D eigenvalue weighted by molar-refractivity contribution is 5.97. The number of nitrogens with zero attached hydrogens (tertiary/aromatic N) is 2. The molecule has 2 atom stereocenters. The summed E-state index contributed by atoms with van der Waals surface area (Å²) in [5.41, 5.74) is 2.51. The molecule has 0 aliphatic carbocycles. The summed E-state index contributed by atoms with van der Waals surface area (Å²) in [6, 6.07) is 27.7. The molecular formula is C26H22N2O4. The van der Waals surface area contributed by atoms with Gasteiger partial charge in [0.1, 0.15) is 25.0 Å². The summed E-state index contributed by atoms with van der Waals surface area (Å²) >= 11 is 0. The minimum Gasteiger partial charge on any atom is -0.489 e. The Hall–Kier alpha value is -4.11. The SMILES string of the molecule is N#CC[C@@H](C(=O)N1C(=O)OC[C@H]1c1ccccc1)c1ccc(OCc2ccccc2)cc1. The van der Waals surface area contributed by atoms with Crippen LogP contribution in [0.25, 0.3) is 0 Å². The zero-order valence-electron chi connectivity index (χ0n) is 17.4. The molecule has 1 aliphatic rings. The molecule has 1 aliphatic heterocycles. The average Bonchev–Trinajstić information content (AvgIpc) is 3.24. The first-order valence-electron chi connectivity index (χ1n) is 10.4. The number of cyclic esters (lactones) is 1.